The summed E-state index contributed by atoms with van der Waals surface area (Å²) in [6, 6.07) is 100. The summed E-state index contributed by atoms with van der Waals surface area (Å²) in [6.45, 7) is 15.0. The fourth-order valence-corrected chi connectivity index (χ4v) is 13.3. The van der Waals surface area contributed by atoms with Crippen LogP contribution in [0, 0.1) is 27.7 Å². The Hall–Kier alpha value is -10.3. The molecule has 3 heterocycles. The first-order valence-electron chi connectivity index (χ1n) is 29.1. The van der Waals surface area contributed by atoms with Crippen molar-refractivity contribution in [2.45, 2.75) is 34.6 Å². The number of rotatable bonds is 9. The zero-order valence-electron chi connectivity index (χ0n) is 48.5. The zero-order valence-corrected chi connectivity index (χ0v) is 49.4. The molecule has 0 unspecified atom stereocenters. The van der Waals surface area contributed by atoms with Crippen LogP contribution in [0.3, 0.4) is 0 Å². The Bertz CT molecular complexity index is 4920. The van der Waals surface area contributed by atoms with E-state index in [9.17, 15) is 0 Å². The van der Waals surface area contributed by atoms with E-state index in [0.717, 1.165) is 45.3 Å². The molecule has 0 radical (unpaired) electrons. The fraction of sp³-hybridized carbons (Fsp3) is 0.0625. The largest absolute Gasteiger partial charge is 0.310 e. The van der Waals surface area contributed by atoms with E-state index in [1.165, 1.54) is 103 Å². The Kier molecular flexibility index (Phi) is 14.9. The lowest BCUT2D eigenvalue weighted by Gasteiger charge is -2.29. The van der Waals surface area contributed by atoms with E-state index in [1.807, 2.05) is 60.9 Å². The number of hydrogen-bond acceptors (Lipinski definition) is 3. The van der Waals surface area contributed by atoms with Crippen LogP contribution in [-0.4, -0.2) is 15.3 Å². The molecule has 0 aliphatic carbocycles. The van der Waals surface area contributed by atoms with Gasteiger partial charge in [0.2, 0.25) is 0 Å². The second-order valence-electron chi connectivity index (χ2n) is 21.8. The van der Waals surface area contributed by atoms with Crippen LogP contribution in [0.2, 0.25) is 0 Å². The number of nitrogens with zero attached hydrogens (tertiary/aromatic N) is 4. The number of aromatic nitrogens is 2. The van der Waals surface area contributed by atoms with Crippen LogP contribution in [-0.2, 0) is 0 Å². The molecule has 0 bridgehead atoms. The van der Waals surface area contributed by atoms with Crippen LogP contribution >= 0.6 is 11.3 Å². The van der Waals surface area contributed by atoms with Gasteiger partial charge in [0, 0.05) is 76.4 Å². The SMILES string of the molecule is C=C(c1ccc(-c2ccc3c(c2)c2c4sc5c(ccc6c5c5cc(-c7ccc(C)cc7)ccc5n6-c5ccccc5)c4ccc2n3-c2ccccc2)cc1)N(c1ccccc1)c1ccccc1C.CC=Nc1ccccc1C.Cc1ccccc1. The van der Waals surface area contributed by atoms with Crippen molar-refractivity contribution in [2.24, 2.45) is 4.99 Å². The summed E-state index contributed by atoms with van der Waals surface area (Å²) in [7, 11) is 0. The second-order valence-corrected chi connectivity index (χ2v) is 22.8. The monoisotopic (exact) mass is 1110 g/mol. The first-order valence-corrected chi connectivity index (χ1v) is 29.9. The molecule has 0 saturated heterocycles. The molecule has 0 fully saturated rings. The molecule has 0 spiro atoms. The summed E-state index contributed by atoms with van der Waals surface area (Å²) in [5.74, 6) is 0. The molecular weight excluding hydrogens is 1050 g/mol. The van der Waals surface area contributed by atoms with Gasteiger partial charge in [0.1, 0.15) is 0 Å². The van der Waals surface area contributed by atoms with Crippen LogP contribution < -0.4 is 4.90 Å². The van der Waals surface area contributed by atoms with Crippen molar-refractivity contribution in [3.63, 3.8) is 0 Å². The van der Waals surface area contributed by atoms with E-state index in [4.69, 9.17) is 0 Å². The second kappa shape index (κ2) is 23.5. The third-order valence-corrected chi connectivity index (χ3v) is 17.4. The predicted molar refractivity (Wildman–Crippen MR) is 369 cm³/mol. The summed E-state index contributed by atoms with van der Waals surface area (Å²) in [6.07, 6.45) is 1.81. The number of para-hydroxylation sites is 5. The van der Waals surface area contributed by atoms with Gasteiger partial charge < -0.3 is 14.0 Å². The lowest BCUT2D eigenvalue weighted by Crippen LogP contribution is -2.15. The number of anilines is 2. The van der Waals surface area contributed by atoms with Gasteiger partial charge in [-0.2, -0.15) is 0 Å². The van der Waals surface area contributed by atoms with E-state index in [-0.39, 0.29) is 0 Å². The topological polar surface area (TPSA) is 25.5 Å². The highest BCUT2D eigenvalue weighted by Crippen LogP contribution is 2.49. The molecule has 4 nitrogen and oxygen atoms in total. The Morgan fingerprint density at radius 1 is 0.400 bits per heavy atom. The average molecular weight is 1110 g/mol. The maximum Gasteiger partial charge on any atom is 0.0654 e. The highest BCUT2D eigenvalue weighted by molar-refractivity contribution is 7.27. The Labute approximate surface area is 501 Å². The molecule has 0 N–H and O–H groups in total. The van der Waals surface area contributed by atoms with Gasteiger partial charge in [-0.3, -0.25) is 4.99 Å². The predicted octanol–water partition coefficient (Wildman–Crippen LogP) is 22.7. The maximum atomic E-state index is 4.67. The molecule has 410 valence electrons. The highest BCUT2D eigenvalue weighted by Gasteiger charge is 2.23. The molecule has 0 aliphatic heterocycles. The van der Waals surface area contributed by atoms with Gasteiger partial charge in [-0.25, -0.2) is 0 Å². The van der Waals surface area contributed by atoms with E-state index >= 15 is 0 Å². The van der Waals surface area contributed by atoms with Gasteiger partial charge in [-0.05, 0) is 158 Å². The van der Waals surface area contributed by atoms with Crippen LogP contribution in [0.15, 0.2) is 291 Å². The van der Waals surface area contributed by atoms with Crippen molar-refractivity contribution in [3.8, 4) is 33.6 Å². The molecule has 0 atom stereocenters. The number of thiophene rings is 1. The van der Waals surface area contributed by atoms with Crippen LogP contribution in [0.4, 0.5) is 17.1 Å². The van der Waals surface area contributed by atoms with E-state index < -0.39 is 0 Å². The van der Waals surface area contributed by atoms with Gasteiger partial charge in [-0.1, -0.05) is 212 Å². The summed E-state index contributed by atoms with van der Waals surface area (Å²) in [4.78, 5) is 6.45. The Morgan fingerprint density at radius 3 is 1.31 bits per heavy atom. The lowest BCUT2D eigenvalue weighted by molar-refractivity contribution is 1.18. The molecule has 0 aliphatic rings. The number of fused-ring (bicyclic) bond motifs is 11. The van der Waals surface area contributed by atoms with Crippen molar-refractivity contribution in [3.05, 3.63) is 313 Å². The summed E-state index contributed by atoms with van der Waals surface area (Å²) in [5, 5.41) is 7.66. The van der Waals surface area contributed by atoms with Crippen molar-refractivity contribution in [1.82, 2.24) is 9.13 Å². The van der Waals surface area contributed by atoms with Crippen LogP contribution in [0.1, 0.15) is 34.7 Å². The molecule has 15 rings (SSSR count). The standard InChI is InChI=1S/C64H45N3S.C9H11N.C7H8/c1-41-23-25-45(26-24-41)47-31-35-57-54(39-47)61-59(66(57)50-18-9-5-10-19-50)37-33-52-53-34-38-60-62(64(53)68-63(52)61)55-40-48(32-36-58(55)67(60)51-20-11-6-12-21-51)46-29-27-44(28-30-46)43(3)65(49-16-7-4-8-17-49)56-22-14-13-15-42(56)2;1-3-10-9-7-5-4-6-8(9)2;1-7-5-3-2-4-6-7/h4-40H,3H2,1-2H3;3-7H,1-2H3;2-6H,1H3. The van der Waals surface area contributed by atoms with Crippen LogP contribution in [0.5, 0.6) is 0 Å². The highest BCUT2D eigenvalue weighted by atomic mass is 32.1. The molecule has 3 aromatic heterocycles. The fourth-order valence-electron chi connectivity index (χ4n) is 11.9. The molecular formula is C80H64N4S. The molecule has 15 aromatic rings. The van der Waals surface area contributed by atoms with E-state index in [1.54, 1.807) is 0 Å². The third-order valence-electron chi connectivity index (χ3n) is 16.2. The molecule has 0 saturated carbocycles. The third kappa shape index (κ3) is 10.4. The maximum absolute atomic E-state index is 4.67. The van der Waals surface area contributed by atoms with Crippen molar-refractivity contribution in [1.29, 1.82) is 0 Å². The van der Waals surface area contributed by atoms with Crippen molar-refractivity contribution >= 4 is 104 Å². The molecule has 5 heteroatoms. The summed E-state index contributed by atoms with van der Waals surface area (Å²) in [5.41, 5.74) is 22.2. The van der Waals surface area contributed by atoms with E-state index in [0.29, 0.717) is 0 Å². The van der Waals surface area contributed by atoms with Crippen molar-refractivity contribution in [2.75, 3.05) is 4.90 Å². The first kappa shape index (κ1) is 53.9. The van der Waals surface area contributed by atoms with Gasteiger partial charge in [-0.15, -0.1) is 11.3 Å². The summed E-state index contributed by atoms with van der Waals surface area (Å²) >= 11 is 1.94. The van der Waals surface area contributed by atoms with Gasteiger partial charge in [0.05, 0.1) is 27.8 Å². The number of hydrogen-bond donors (Lipinski definition) is 0. The average Bonchev–Trinajstić information content (AvgIpc) is 2.08. The van der Waals surface area contributed by atoms with Gasteiger partial charge in [0.25, 0.3) is 0 Å². The molecule has 12 aromatic carbocycles. The minimum atomic E-state index is 0.929. The minimum absolute atomic E-state index is 0.929. The van der Waals surface area contributed by atoms with Gasteiger partial charge >= 0.3 is 0 Å². The Balaban J connectivity index is 0.000000342. The lowest BCUT2D eigenvalue weighted by atomic mass is 9.99. The number of benzene rings is 12. The van der Waals surface area contributed by atoms with Crippen molar-refractivity contribution < 1.29 is 0 Å². The normalized spacial score (nSPS) is 11.4. The smallest absolute Gasteiger partial charge is 0.0654 e. The number of aliphatic imine (C=N–C) groups is 1. The number of aryl methyl sites for hydroxylation is 4. The molecule has 85 heavy (non-hydrogen) atoms. The van der Waals surface area contributed by atoms with Crippen LogP contribution in [0.25, 0.3) is 103 Å². The Morgan fingerprint density at radius 2 is 0.824 bits per heavy atom. The minimum Gasteiger partial charge on any atom is -0.310 e. The zero-order chi connectivity index (χ0) is 58.0. The first-order chi connectivity index (χ1) is 41.7. The van der Waals surface area contributed by atoms with E-state index in [2.05, 4.69) is 296 Å². The quantitative estimate of drug-likeness (QED) is 0.132. The molecule has 0 amide bonds. The summed E-state index contributed by atoms with van der Waals surface area (Å²) < 4.78 is 7.51. The van der Waals surface area contributed by atoms with Gasteiger partial charge in [0.15, 0.2) is 0 Å².